The van der Waals surface area contributed by atoms with E-state index in [4.69, 9.17) is 0 Å². The van der Waals surface area contributed by atoms with Crippen molar-refractivity contribution >= 4 is 17.3 Å². The number of aryl methyl sites for hydroxylation is 1. The molecular formula is C20H16FNO3. The van der Waals surface area contributed by atoms with Gasteiger partial charge in [-0.3, -0.25) is 9.69 Å². The summed E-state index contributed by atoms with van der Waals surface area (Å²) in [5, 5.41) is 19.0. The van der Waals surface area contributed by atoms with E-state index in [2.05, 4.69) is 0 Å². The van der Waals surface area contributed by atoms with Crippen molar-refractivity contribution < 1.29 is 19.4 Å². The molecule has 25 heavy (non-hydrogen) atoms. The second-order valence-corrected chi connectivity index (χ2v) is 5.64. The Bertz CT molecular complexity index is 860. The maximum Gasteiger partial charge on any atom is 0.262 e. The standard InChI is InChI=1S/C20H16FNO3/c1-13-2-3-14(12-19(13)21)20(25)22(15-4-8-17(23)9-5-15)16-6-10-18(24)11-7-16/h2-12,23-24H,1H3. The zero-order valence-electron chi connectivity index (χ0n) is 13.5. The molecule has 126 valence electrons. The third-order valence-corrected chi connectivity index (χ3v) is 3.84. The summed E-state index contributed by atoms with van der Waals surface area (Å²) in [5.41, 5.74) is 1.67. The normalized spacial score (nSPS) is 10.5. The van der Waals surface area contributed by atoms with Crippen LogP contribution < -0.4 is 4.90 Å². The first-order valence-corrected chi connectivity index (χ1v) is 7.64. The summed E-state index contributed by atoms with van der Waals surface area (Å²) in [7, 11) is 0. The molecule has 2 N–H and O–H groups in total. The number of rotatable bonds is 3. The lowest BCUT2D eigenvalue weighted by Crippen LogP contribution is -2.26. The van der Waals surface area contributed by atoms with E-state index in [9.17, 15) is 19.4 Å². The van der Waals surface area contributed by atoms with Gasteiger partial charge in [0.25, 0.3) is 5.91 Å². The Morgan fingerprint density at radius 2 is 1.32 bits per heavy atom. The molecule has 0 spiro atoms. The van der Waals surface area contributed by atoms with Gasteiger partial charge in [-0.25, -0.2) is 4.39 Å². The molecule has 0 saturated heterocycles. The number of aromatic hydroxyl groups is 2. The highest BCUT2D eigenvalue weighted by Gasteiger charge is 2.20. The molecular weight excluding hydrogens is 321 g/mol. The van der Waals surface area contributed by atoms with Gasteiger partial charge in [0.15, 0.2) is 0 Å². The minimum Gasteiger partial charge on any atom is -0.508 e. The Kier molecular flexibility index (Phi) is 4.39. The number of halogens is 1. The van der Waals surface area contributed by atoms with E-state index in [1.54, 1.807) is 43.3 Å². The molecule has 5 heteroatoms. The second-order valence-electron chi connectivity index (χ2n) is 5.64. The fourth-order valence-corrected chi connectivity index (χ4v) is 2.44. The van der Waals surface area contributed by atoms with Crippen molar-refractivity contribution in [2.45, 2.75) is 6.92 Å². The molecule has 3 rings (SSSR count). The highest BCUT2D eigenvalue weighted by molar-refractivity contribution is 6.11. The summed E-state index contributed by atoms with van der Waals surface area (Å²) in [5.74, 6) is -0.732. The number of nitrogens with zero attached hydrogens (tertiary/aromatic N) is 1. The van der Waals surface area contributed by atoms with Crippen molar-refractivity contribution in [1.29, 1.82) is 0 Å². The van der Waals surface area contributed by atoms with Crippen molar-refractivity contribution in [2.24, 2.45) is 0 Å². The van der Waals surface area contributed by atoms with Gasteiger partial charge < -0.3 is 10.2 Å². The van der Waals surface area contributed by atoms with Crippen LogP contribution in [-0.2, 0) is 0 Å². The van der Waals surface area contributed by atoms with E-state index in [0.29, 0.717) is 16.9 Å². The van der Waals surface area contributed by atoms with Gasteiger partial charge in [-0.2, -0.15) is 0 Å². The molecule has 3 aromatic carbocycles. The molecule has 0 unspecified atom stereocenters. The molecule has 3 aromatic rings. The molecule has 0 aromatic heterocycles. The zero-order chi connectivity index (χ0) is 18.0. The Hall–Kier alpha value is -3.34. The summed E-state index contributed by atoms with van der Waals surface area (Å²) < 4.78 is 13.9. The first-order valence-electron chi connectivity index (χ1n) is 7.64. The average Bonchev–Trinajstić information content (AvgIpc) is 2.61. The maximum atomic E-state index is 13.9. The van der Waals surface area contributed by atoms with E-state index < -0.39 is 11.7 Å². The first kappa shape index (κ1) is 16.5. The van der Waals surface area contributed by atoms with Crippen LogP contribution in [-0.4, -0.2) is 16.1 Å². The number of phenols is 2. The number of hydrogen-bond acceptors (Lipinski definition) is 3. The Labute approximate surface area is 144 Å². The molecule has 0 atom stereocenters. The fourth-order valence-electron chi connectivity index (χ4n) is 2.44. The Balaban J connectivity index is 2.09. The van der Waals surface area contributed by atoms with Crippen LogP contribution in [0.25, 0.3) is 0 Å². The number of benzene rings is 3. The molecule has 0 aliphatic carbocycles. The van der Waals surface area contributed by atoms with Gasteiger partial charge in [0.05, 0.1) is 0 Å². The topological polar surface area (TPSA) is 60.8 Å². The molecule has 0 heterocycles. The quantitative estimate of drug-likeness (QED) is 0.738. The molecule has 0 radical (unpaired) electrons. The lowest BCUT2D eigenvalue weighted by atomic mass is 10.1. The molecule has 0 fully saturated rings. The van der Waals surface area contributed by atoms with E-state index in [1.807, 2.05) is 0 Å². The van der Waals surface area contributed by atoms with Crippen molar-refractivity contribution in [2.75, 3.05) is 4.90 Å². The summed E-state index contributed by atoms with van der Waals surface area (Å²) in [6.45, 7) is 1.63. The van der Waals surface area contributed by atoms with Gasteiger partial charge in [0.1, 0.15) is 17.3 Å². The van der Waals surface area contributed by atoms with Crippen molar-refractivity contribution in [3.05, 3.63) is 83.7 Å². The Morgan fingerprint density at radius 1 is 0.840 bits per heavy atom. The minimum atomic E-state index is -0.456. The van der Waals surface area contributed by atoms with E-state index in [1.165, 1.54) is 35.2 Å². The third-order valence-electron chi connectivity index (χ3n) is 3.84. The number of amides is 1. The predicted molar refractivity (Wildman–Crippen MR) is 93.8 cm³/mol. The van der Waals surface area contributed by atoms with Crippen LogP contribution >= 0.6 is 0 Å². The van der Waals surface area contributed by atoms with Gasteiger partial charge in [0, 0.05) is 16.9 Å². The molecule has 1 amide bonds. The van der Waals surface area contributed by atoms with Crippen molar-refractivity contribution in [3.63, 3.8) is 0 Å². The van der Waals surface area contributed by atoms with Crippen LogP contribution in [0.4, 0.5) is 15.8 Å². The summed E-state index contributed by atoms with van der Waals surface area (Å²) in [4.78, 5) is 14.4. The summed E-state index contributed by atoms with van der Waals surface area (Å²) in [6.07, 6.45) is 0. The number of carbonyl (C=O) groups excluding carboxylic acids is 1. The molecule has 4 nitrogen and oxygen atoms in total. The highest BCUT2D eigenvalue weighted by Crippen LogP contribution is 2.30. The van der Waals surface area contributed by atoms with Gasteiger partial charge in [-0.15, -0.1) is 0 Å². The number of phenolic OH excluding ortho intramolecular Hbond substituents is 2. The summed E-state index contributed by atoms with van der Waals surface area (Å²) >= 11 is 0. The van der Waals surface area contributed by atoms with Crippen LogP contribution in [0.2, 0.25) is 0 Å². The van der Waals surface area contributed by atoms with E-state index >= 15 is 0 Å². The van der Waals surface area contributed by atoms with E-state index in [-0.39, 0.29) is 17.1 Å². The zero-order valence-corrected chi connectivity index (χ0v) is 13.5. The first-order chi connectivity index (χ1) is 12.0. The monoisotopic (exact) mass is 337 g/mol. The van der Waals surface area contributed by atoms with E-state index in [0.717, 1.165) is 0 Å². The van der Waals surface area contributed by atoms with Crippen molar-refractivity contribution in [3.8, 4) is 11.5 Å². The van der Waals surface area contributed by atoms with Gasteiger partial charge in [-0.05, 0) is 73.2 Å². The number of anilines is 2. The van der Waals surface area contributed by atoms with Crippen LogP contribution in [0.15, 0.2) is 66.7 Å². The number of carbonyl (C=O) groups is 1. The Morgan fingerprint density at radius 3 is 1.76 bits per heavy atom. The van der Waals surface area contributed by atoms with Crippen LogP contribution in [0.1, 0.15) is 15.9 Å². The molecule has 0 aliphatic rings. The fraction of sp³-hybridized carbons (Fsp3) is 0.0500. The highest BCUT2D eigenvalue weighted by atomic mass is 19.1. The van der Waals surface area contributed by atoms with Crippen LogP contribution in [0.5, 0.6) is 11.5 Å². The number of hydrogen-bond donors (Lipinski definition) is 2. The maximum absolute atomic E-state index is 13.9. The molecule has 0 saturated carbocycles. The minimum absolute atomic E-state index is 0.0724. The lowest BCUT2D eigenvalue weighted by molar-refractivity contribution is 0.0998. The van der Waals surface area contributed by atoms with Crippen LogP contribution in [0, 0.1) is 12.7 Å². The predicted octanol–water partition coefficient (Wildman–Crippen LogP) is 4.52. The molecule has 0 bridgehead atoms. The smallest absolute Gasteiger partial charge is 0.262 e. The van der Waals surface area contributed by atoms with Gasteiger partial charge >= 0.3 is 0 Å². The van der Waals surface area contributed by atoms with Gasteiger partial charge in [-0.1, -0.05) is 6.07 Å². The van der Waals surface area contributed by atoms with Gasteiger partial charge in [0.2, 0.25) is 0 Å². The lowest BCUT2D eigenvalue weighted by Gasteiger charge is -2.23. The largest absolute Gasteiger partial charge is 0.508 e. The van der Waals surface area contributed by atoms with Crippen molar-refractivity contribution in [1.82, 2.24) is 0 Å². The average molecular weight is 337 g/mol. The third kappa shape index (κ3) is 3.45. The second kappa shape index (κ2) is 6.65. The molecule has 0 aliphatic heterocycles. The van der Waals surface area contributed by atoms with Crippen LogP contribution in [0.3, 0.4) is 0 Å². The summed E-state index contributed by atoms with van der Waals surface area (Å²) in [6, 6.07) is 16.5. The SMILES string of the molecule is Cc1ccc(C(=O)N(c2ccc(O)cc2)c2ccc(O)cc2)cc1F.